The number of benzene rings is 6. The highest BCUT2D eigenvalue weighted by Gasteiger charge is 2.28. The number of esters is 2. The molecule has 0 amide bonds. The van der Waals surface area contributed by atoms with Gasteiger partial charge in [-0.1, -0.05) is 87.5 Å². The molecule has 168 valence electrons. The Morgan fingerprint density at radius 1 is 0.543 bits per heavy atom. The molecule has 1 aliphatic rings. The molecule has 0 aliphatic carbocycles. The van der Waals surface area contributed by atoms with E-state index in [4.69, 9.17) is 4.74 Å². The van der Waals surface area contributed by atoms with Gasteiger partial charge in [0.05, 0.1) is 11.1 Å². The van der Waals surface area contributed by atoms with Crippen LogP contribution in [0.4, 0.5) is 0 Å². The van der Waals surface area contributed by atoms with Gasteiger partial charge in [-0.15, -0.1) is 0 Å². The van der Waals surface area contributed by atoms with Crippen molar-refractivity contribution in [3.8, 4) is 11.1 Å². The first-order valence-corrected chi connectivity index (χ1v) is 11.9. The highest BCUT2D eigenvalue weighted by molar-refractivity contribution is 6.28. The summed E-state index contributed by atoms with van der Waals surface area (Å²) in [5, 5.41) is 8.93. The topological polar surface area (TPSA) is 43.4 Å². The molecule has 0 saturated heterocycles. The normalized spacial score (nSPS) is 13.9. The molecule has 0 aromatic heterocycles. The lowest BCUT2D eigenvalue weighted by Gasteiger charge is -2.22. The van der Waals surface area contributed by atoms with Gasteiger partial charge in [0.1, 0.15) is 0 Å². The van der Waals surface area contributed by atoms with E-state index in [-0.39, 0.29) is 5.41 Å². The lowest BCUT2D eigenvalue weighted by atomic mass is 9.82. The summed E-state index contributed by atoms with van der Waals surface area (Å²) in [7, 11) is 0. The Bertz CT molecular complexity index is 1850. The summed E-state index contributed by atoms with van der Waals surface area (Å²) in [6.45, 7) is 6.74. The fourth-order valence-corrected chi connectivity index (χ4v) is 5.66. The molecule has 0 fully saturated rings. The molecule has 0 N–H and O–H groups in total. The van der Waals surface area contributed by atoms with Gasteiger partial charge in [0.15, 0.2) is 0 Å². The van der Waals surface area contributed by atoms with Gasteiger partial charge in [-0.05, 0) is 71.9 Å². The van der Waals surface area contributed by atoms with Crippen molar-refractivity contribution >= 4 is 55.0 Å². The third-order valence-corrected chi connectivity index (χ3v) is 7.42. The fourth-order valence-electron chi connectivity index (χ4n) is 5.66. The van der Waals surface area contributed by atoms with Crippen LogP contribution in [0.2, 0.25) is 0 Å². The predicted octanol–water partition coefficient (Wildman–Crippen LogP) is 8.01. The van der Waals surface area contributed by atoms with E-state index in [9.17, 15) is 9.59 Å². The molecule has 0 unspecified atom stereocenters. The van der Waals surface area contributed by atoms with Crippen molar-refractivity contribution in [2.24, 2.45) is 0 Å². The van der Waals surface area contributed by atoms with E-state index >= 15 is 0 Å². The average molecular weight is 455 g/mol. The summed E-state index contributed by atoms with van der Waals surface area (Å²) in [6, 6.07) is 27.1. The average Bonchev–Trinajstić information content (AvgIpc) is 2.84. The standard InChI is InChI=1S/C32H22O3/c1-32(2,3)20-15-18-8-7-17-9-11-21(24-12-10-19(16-20)27(18)28(17)24)22-13-14-26-29-23(22)5-4-6-25(29)30(33)35-31(26)34/h4-16H,1-3H3. The van der Waals surface area contributed by atoms with Crippen molar-refractivity contribution in [2.75, 3.05) is 0 Å². The molecule has 0 radical (unpaired) electrons. The molecule has 6 aromatic carbocycles. The zero-order valence-electron chi connectivity index (χ0n) is 19.7. The predicted molar refractivity (Wildman–Crippen MR) is 142 cm³/mol. The number of ether oxygens (including phenoxy) is 1. The van der Waals surface area contributed by atoms with Crippen LogP contribution in [-0.2, 0) is 10.2 Å². The maximum Gasteiger partial charge on any atom is 0.346 e. The van der Waals surface area contributed by atoms with Gasteiger partial charge >= 0.3 is 11.9 Å². The maximum atomic E-state index is 12.4. The van der Waals surface area contributed by atoms with Gasteiger partial charge in [-0.25, -0.2) is 9.59 Å². The Morgan fingerprint density at radius 3 is 1.80 bits per heavy atom. The van der Waals surface area contributed by atoms with Gasteiger partial charge in [-0.2, -0.15) is 0 Å². The van der Waals surface area contributed by atoms with E-state index in [0.717, 1.165) is 21.9 Å². The van der Waals surface area contributed by atoms with Crippen LogP contribution in [0.5, 0.6) is 0 Å². The minimum Gasteiger partial charge on any atom is -0.386 e. The van der Waals surface area contributed by atoms with E-state index < -0.39 is 11.9 Å². The van der Waals surface area contributed by atoms with Crippen molar-refractivity contribution in [2.45, 2.75) is 26.2 Å². The van der Waals surface area contributed by atoms with E-state index in [1.807, 2.05) is 18.2 Å². The first-order valence-electron chi connectivity index (χ1n) is 11.9. The minimum absolute atomic E-state index is 0.0670. The Hall–Kier alpha value is -4.24. The Balaban J connectivity index is 1.58. The third kappa shape index (κ3) is 2.72. The van der Waals surface area contributed by atoms with E-state index in [0.29, 0.717) is 16.5 Å². The number of rotatable bonds is 1. The quantitative estimate of drug-likeness (QED) is 0.144. The molecular weight excluding hydrogens is 432 g/mol. The second-order valence-corrected chi connectivity index (χ2v) is 10.5. The monoisotopic (exact) mass is 454 g/mol. The van der Waals surface area contributed by atoms with Crippen molar-refractivity contribution < 1.29 is 14.3 Å². The number of cyclic esters (lactones) is 2. The van der Waals surface area contributed by atoms with Crippen molar-refractivity contribution in [1.29, 1.82) is 0 Å². The molecule has 0 bridgehead atoms. The SMILES string of the molecule is CC(C)(C)c1cc2ccc3ccc(-c4ccc5c6c(cccc46)C(=O)OC5=O)c4ccc(c1)c2c34. The highest BCUT2D eigenvalue weighted by Crippen LogP contribution is 2.43. The van der Waals surface area contributed by atoms with Crippen LogP contribution in [0.25, 0.3) is 54.2 Å². The lowest BCUT2D eigenvalue weighted by molar-refractivity contribution is 0.0391. The maximum absolute atomic E-state index is 12.4. The van der Waals surface area contributed by atoms with Gasteiger partial charge < -0.3 is 4.74 Å². The van der Waals surface area contributed by atoms with Crippen molar-refractivity contribution in [3.05, 3.63) is 95.6 Å². The van der Waals surface area contributed by atoms with E-state index in [1.165, 1.54) is 32.5 Å². The van der Waals surface area contributed by atoms with E-state index in [2.05, 4.69) is 69.3 Å². The van der Waals surface area contributed by atoms with Crippen molar-refractivity contribution in [3.63, 3.8) is 0 Å². The van der Waals surface area contributed by atoms with Crippen molar-refractivity contribution in [1.82, 2.24) is 0 Å². The zero-order chi connectivity index (χ0) is 24.1. The van der Waals surface area contributed by atoms with Gasteiger partial charge in [0.2, 0.25) is 0 Å². The van der Waals surface area contributed by atoms with E-state index in [1.54, 1.807) is 12.1 Å². The summed E-state index contributed by atoms with van der Waals surface area (Å²) in [5.41, 5.74) is 4.35. The highest BCUT2D eigenvalue weighted by atomic mass is 16.6. The van der Waals surface area contributed by atoms with Crippen LogP contribution in [0.3, 0.4) is 0 Å². The molecule has 0 spiro atoms. The molecule has 0 saturated carbocycles. The molecule has 7 rings (SSSR count). The van der Waals surface area contributed by atoms with Gasteiger partial charge in [-0.3, -0.25) is 0 Å². The van der Waals surface area contributed by atoms with Crippen LogP contribution in [-0.4, -0.2) is 11.9 Å². The molecule has 0 atom stereocenters. The fraction of sp³-hybridized carbons (Fsp3) is 0.125. The van der Waals surface area contributed by atoms with Crippen LogP contribution in [0.1, 0.15) is 47.1 Å². The number of carbonyl (C=O) groups excluding carboxylic acids is 2. The second-order valence-electron chi connectivity index (χ2n) is 10.5. The summed E-state index contributed by atoms with van der Waals surface area (Å²) in [4.78, 5) is 24.9. The van der Waals surface area contributed by atoms with Crippen LogP contribution < -0.4 is 0 Å². The molecule has 6 aromatic rings. The third-order valence-electron chi connectivity index (χ3n) is 7.42. The largest absolute Gasteiger partial charge is 0.386 e. The minimum atomic E-state index is -0.588. The summed E-state index contributed by atoms with van der Waals surface area (Å²) >= 11 is 0. The molecule has 3 nitrogen and oxygen atoms in total. The van der Waals surface area contributed by atoms with Gasteiger partial charge in [0.25, 0.3) is 0 Å². The van der Waals surface area contributed by atoms with Crippen LogP contribution in [0.15, 0.2) is 78.9 Å². The molecule has 1 heterocycles. The van der Waals surface area contributed by atoms with Gasteiger partial charge in [0, 0.05) is 5.39 Å². The Morgan fingerprint density at radius 2 is 1.09 bits per heavy atom. The lowest BCUT2D eigenvalue weighted by Crippen LogP contribution is -2.19. The first kappa shape index (κ1) is 20.2. The number of carbonyl (C=O) groups is 2. The Labute approximate surface area is 202 Å². The zero-order valence-corrected chi connectivity index (χ0v) is 19.7. The molecule has 3 heteroatoms. The first-order chi connectivity index (χ1) is 16.8. The summed E-state index contributed by atoms with van der Waals surface area (Å²) in [5.74, 6) is -1.18. The Kier molecular flexibility index (Phi) is 3.84. The number of hydrogen-bond donors (Lipinski definition) is 0. The number of hydrogen-bond acceptors (Lipinski definition) is 3. The summed E-state index contributed by atoms with van der Waals surface area (Å²) in [6.07, 6.45) is 0. The van der Waals surface area contributed by atoms with Crippen LogP contribution in [0, 0.1) is 0 Å². The molecule has 35 heavy (non-hydrogen) atoms. The van der Waals surface area contributed by atoms with Crippen LogP contribution >= 0.6 is 0 Å². The molecular formula is C32H22O3. The smallest absolute Gasteiger partial charge is 0.346 e. The second kappa shape index (κ2) is 6.67. The summed E-state index contributed by atoms with van der Waals surface area (Å²) < 4.78 is 4.95. The molecule has 1 aliphatic heterocycles.